The van der Waals surface area contributed by atoms with Gasteiger partial charge in [0.2, 0.25) is 0 Å². The Kier molecular flexibility index (Phi) is 9.17. The number of rotatable bonds is 0. The van der Waals surface area contributed by atoms with E-state index in [1.807, 2.05) is 84.9 Å². The molecule has 10 bridgehead atoms. The Morgan fingerprint density at radius 3 is 1.20 bits per heavy atom. The van der Waals surface area contributed by atoms with Crippen molar-refractivity contribution in [3.8, 4) is 45.5 Å². The quantitative estimate of drug-likeness (QED) is 0.164. The Morgan fingerprint density at radius 1 is 0.370 bits per heavy atom. The van der Waals surface area contributed by atoms with Gasteiger partial charge in [-0.1, -0.05) is 30.3 Å². The molecule has 0 radical (unpaired) electrons. The highest BCUT2D eigenvalue weighted by molar-refractivity contribution is 6.04. The van der Waals surface area contributed by atoms with E-state index in [1.54, 1.807) is 0 Å². The summed E-state index contributed by atoms with van der Waals surface area (Å²) in [5.74, 6) is 2.99. The number of ether oxygens (including phenoxy) is 6. The van der Waals surface area contributed by atoms with Gasteiger partial charge in [-0.05, 0) is 72.8 Å². The van der Waals surface area contributed by atoms with Gasteiger partial charge < -0.3 is 28.4 Å². The van der Waals surface area contributed by atoms with Crippen molar-refractivity contribution >= 4 is 21.8 Å². The molecule has 5 heterocycles. The van der Waals surface area contributed by atoms with Crippen LogP contribution in [0.3, 0.4) is 0 Å². The molecule has 232 valence electrons. The van der Waals surface area contributed by atoms with Gasteiger partial charge in [0.25, 0.3) is 0 Å². The van der Waals surface area contributed by atoms with Gasteiger partial charge in [-0.15, -0.1) is 0 Å². The van der Waals surface area contributed by atoms with E-state index >= 15 is 0 Å². The number of hydrogen-bond donors (Lipinski definition) is 0. The summed E-state index contributed by atoms with van der Waals surface area (Å²) in [6.45, 7) is 3.54. The molecule has 0 amide bonds. The maximum absolute atomic E-state index is 5.90. The molecule has 46 heavy (non-hydrogen) atoms. The fraction of sp³-hybridized carbons (Fsp3) is 0.211. The Balaban J connectivity index is 1.11. The van der Waals surface area contributed by atoms with E-state index in [0.717, 1.165) is 67.3 Å². The van der Waals surface area contributed by atoms with Gasteiger partial charge in [0.1, 0.15) is 49.4 Å². The van der Waals surface area contributed by atoms with E-state index in [9.17, 15) is 0 Å². The third-order valence-electron chi connectivity index (χ3n) is 7.61. The first-order valence-electron chi connectivity index (χ1n) is 15.5. The first-order chi connectivity index (χ1) is 22.8. The minimum absolute atomic E-state index is 0.425. The molecule has 3 aliphatic heterocycles. The van der Waals surface area contributed by atoms with Crippen molar-refractivity contribution < 1.29 is 28.4 Å². The first-order valence-corrected chi connectivity index (χ1v) is 15.5. The Labute approximate surface area is 267 Å². The number of pyridine rings is 2. The molecule has 8 heteroatoms. The lowest BCUT2D eigenvalue weighted by Crippen LogP contribution is -2.12. The van der Waals surface area contributed by atoms with Crippen molar-refractivity contribution in [3.63, 3.8) is 0 Å². The highest BCUT2D eigenvalue weighted by Crippen LogP contribution is 2.30. The first kappa shape index (κ1) is 29.5. The molecule has 0 aliphatic carbocycles. The maximum atomic E-state index is 5.90. The molecule has 0 atom stereocenters. The van der Waals surface area contributed by atoms with Crippen LogP contribution >= 0.6 is 0 Å². The lowest BCUT2D eigenvalue weighted by molar-refractivity contribution is 0.0747. The predicted molar refractivity (Wildman–Crippen MR) is 178 cm³/mol. The fourth-order valence-corrected chi connectivity index (χ4v) is 5.26. The molecular formula is C38H34N2O6. The van der Waals surface area contributed by atoms with Crippen LogP contribution in [-0.2, 0) is 9.47 Å². The van der Waals surface area contributed by atoms with Crippen LogP contribution in [-0.4, -0.2) is 62.8 Å². The van der Waals surface area contributed by atoms with Crippen LogP contribution in [0.5, 0.6) is 23.0 Å². The van der Waals surface area contributed by atoms with Gasteiger partial charge in [-0.2, -0.15) is 0 Å². The average Bonchev–Trinajstić information content (AvgIpc) is 3.11. The molecule has 4 aromatic carbocycles. The zero-order valence-corrected chi connectivity index (χ0v) is 25.4. The molecule has 0 N–H and O–H groups in total. The average molecular weight is 615 g/mol. The Bertz CT molecular complexity index is 1770. The standard InChI is InChI=1S/C38H34N2O6/c1-2-33-26-34(3-1)46-25-21-42-19-23-44-32-14-8-28(9-15-32)36-17-11-30-5-4-29-10-16-35(39-37(29)38(30)40-36)27-6-12-31(13-7-27)43-22-18-41-20-24-45-33/h1-17,26H,18-25H2. The molecule has 0 unspecified atom stereocenters. The van der Waals surface area contributed by atoms with Crippen LogP contribution < -0.4 is 18.9 Å². The molecule has 0 saturated heterocycles. The SMILES string of the molecule is c1cc2cc(c1)OCCOCCOc1ccc(cc1)-c1ccc3ccc4ccc(nc4c3n1)-c1ccc(cc1)OCCOCCO2. The monoisotopic (exact) mass is 614 g/mol. The maximum Gasteiger partial charge on any atom is 0.123 e. The summed E-state index contributed by atoms with van der Waals surface area (Å²) in [6.07, 6.45) is 0. The third-order valence-corrected chi connectivity index (χ3v) is 7.61. The molecule has 2 aromatic heterocycles. The summed E-state index contributed by atoms with van der Waals surface area (Å²) in [6, 6.07) is 35.9. The molecule has 0 fully saturated rings. The van der Waals surface area contributed by atoms with Crippen molar-refractivity contribution in [1.29, 1.82) is 0 Å². The highest BCUT2D eigenvalue weighted by Gasteiger charge is 2.10. The van der Waals surface area contributed by atoms with E-state index < -0.39 is 0 Å². The normalized spacial score (nSPS) is 14.8. The van der Waals surface area contributed by atoms with Crippen LogP contribution in [0.15, 0.2) is 109 Å². The second-order valence-corrected chi connectivity index (χ2v) is 10.7. The highest BCUT2D eigenvalue weighted by atomic mass is 16.6. The van der Waals surface area contributed by atoms with Gasteiger partial charge in [0.05, 0.1) is 48.8 Å². The summed E-state index contributed by atoms with van der Waals surface area (Å²) in [5.41, 5.74) is 5.49. The summed E-state index contributed by atoms with van der Waals surface area (Å²) in [5, 5.41) is 2.08. The van der Waals surface area contributed by atoms with Crippen LogP contribution in [0.25, 0.3) is 44.3 Å². The van der Waals surface area contributed by atoms with Crippen LogP contribution in [0, 0.1) is 0 Å². The lowest BCUT2D eigenvalue weighted by atomic mass is 10.1. The molecule has 9 rings (SSSR count). The molecule has 3 aliphatic rings. The summed E-state index contributed by atoms with van der Waals surface area (Å²) in [4.78, 5) is 10.1. The van der Waals surface area contributed by atoms with Gasteiger partial charge in [-0.3, -0.25) is 0 Å². The van der Waals surface area contributed by atoms with E-state index in [4.69, 9.17) is 38.4 Å². The fourth-order valence-electron chi connectivity index (χ4n) is 5.26. The van der Waals surface area contributed by atoms with Crippen molar-refractivity contribution in [3.05, 3.63) is 109 Å². The zero-order chi connectivity index (χ0) is 31.0. The molecule has 0 spiro atoms. The lowest BCUT2D eigenvalue weighted by Gasteiger charge is -2.11. The molecule has 8 nitrogen and oxygen atoms in total. The second kappa shape index (κ2) is 14.3. The molecular weight excluding hydrogens is 580 g/mol. The Hall–Kier alpha value is -5.18. The number of benzene rings is 4. The van der Waals surface area contributed by atoms with E-state index in [2.05, 4.69) is 24.3 Å². The van der Waals surface area contributed by atoms with Gasteiger partial charge in [0.15, 0.2) is 0 Å². The zero-order valence-electron chi connectivity index (χ0n) is 25.4. The van der Waals surface area contributed by atoms with Crippen molar-refractivity contribution in [2.45, 2.75) is 0 Å². The third kappa shape index (κ3) is 7.20. The number of nitrogens with zero attached hydrogens (tertiary/aromatic N) is 2. The molecule has 6 aromatic rings. The van der Waals surface area contributed by atoms with E-state index in [1.165, 1.54) is 0 Å². The van der Waals surface area contributed by atoms with Crippen LogP contribution in [0.1, 0.15) is 0 Å². The topological polar surface area (TPSA) is 81.2 Å². The van der Waals surface area contributed by atoms with Gasteiger partial charge in [-0.25, -0.2) is 9.97 Å². The van der Waals surface area contributed by atoms with Crippen molar-refractivity contribution in [1.82, 2.24) is 9.97 Å². The van der Waals surface area contributed by atoms with Crippen molar-refractivity contribution in [2.24, 2.45) is 0 Å². The van der Waals surface area contributed by atoms with E-state index in [-0.39, 0.29) is 0 Å². The minimum Gasteiger partial charge on any atom is -0.491 e. The molecule has 0 saturated carbocycles. The predicted octanol–water partition coefficient (Wildman–Crippen LogP) is 7.38. The summed E-state index contributed by atoms with van der Waals surface area (Å²) >= 11 is 0. The van der Waals surface area contributed by atoms with Gasteiger partial charge in [0, 0.05) is 28.0 Å². The Morgan fingerprint density at radius 2 is 0.761 bits per heavy atom. The summed E-state index contributed by atoms with van der Waals surface area (Å²) < 4.78 is 34.8. The minimum atomic E-state index is 0.425. The van der Waals surface area contributed by atoms with Crippen molar-refractivity contribution in [2.75, 3.05) is 52.9 Å². The number of hydrogen-bond acceptors (Lipinski definition) is 8. The van der Waals surface area contributed by atoms with Crippen LogP contribution in [0.4, 0.5) is 0 Å². The largest absolute Gasteiger partial charge is 0.491 e. The van der Waals surface area contributed by atoms with Crippen LogP contribution in [0.2, 0.25) is 0 Å². The van der Waals surface area contributed by atoms with E-state index in [0.29, 0.717) is 52.9 Å². The smallest absolute Gasteiger partial charge is 0.123 e. The van der Waals surface area contributed by atoms with Gasteiger partial charge >= 0.3 is 0 Å². The number of fused-ring (bicyclic) bond motifs is 2. The second-order valence-electron chi connectivity index (χ2n) is 10.7. The number of aromatic nitrogens is 2. The summed E-state index contributed by atoms with van der Waals surface area (Å²) in [7, 11) is 0.